The Morgan fingerprint density at radius 3 is 2.27 bits per heavy atom. The molecule has 8 heteroatoms. The number of hydrogen-bond donors (Lipinski definition) is 1. The molecule has 5 rings (SSSR count). The van der Waals surface area contributed by atoms with E-state index in [9.17, 15) is 22.8 Å². The lowest BCUT2D eigenvalue weighted by molar-refractivity contribution is -0.137. The van der Waals surface area contributed by atoms with Crippen molar-refractivity contribution >= 4 is 17.3 Å². The maximum absolute atomic E-state index is 13.0. The van der Waals surface area contributed by atoms with Crippen LogP contribution < -0.4 is 5.32 Å². The number of fused-ring (bicyclic) bond motifs is 1. The van der Waals surface area contributed by atoms with Gasteiger partial charge in [-0.15, -0.1) is 0 Å². The molecule has 0 aliphatic heterocycles. The number of pyridine rings is 1. The third-order valence-electron chi connectivity index (χ3n) is 6.72. The summed E-state index contributed by atoms with van der Waals surface area (Å²) in [5.41, 5.74) is 5.37. The minimum atomic E-state index is -4.44. The van der Waals surface area contributed by atoms with Gasteiger partial charge in [0.1, 0.15) is 5.65 Å². The molecule has 0 aliphatic carbocycles. The lowest BCUT2D eigenvalue weighted by Gasteiger charge is -2.10. The van der Waals surface area contributed by atoms with Crippen LogP contribution in [0.1, 0.15) is 40.5 Å². The van der Waals surface area contributed by atoms with E-state index in [1.807, 2.05) is 65.2 Å². The van der Waals surface area contributed by atoms with Crippen molar-refractivity contribution in [1.29, 1.82) is 0 Å². The average Bonchev–Trinajstić information content (AvgIpc) is 3.33. The van der Waals surface area contributed by atoms with Crippen LogP contribution in [0.4, 0.5) is 13.2 Å². The van der Waals surface area contributed by atoms with Crippen LogP contribution in [-0.4, -0.2) is 21.1 Å². The first-order valence-electron chi connectivity index (χ1n) is 12.8. The zero-order chi connectivity index (χ0) is 28.3. The predicted octanol–water partition coefficient (Wildman–Crippen LogP) is 7.14. The standard InChI is InChI=1S/C32H26F3N3O2/c1-21(39)23-10-12-24(13-11-23)26-14-16-29-37-31(25-7-3-2-4-8-25)28(38(29)20-26)15-17-30(40)36-19-22-6-5-9-27(18-22)32(33,34)35/h2-14,16,18,20H,15,17,19H2,1H3,(H,36,40). The highest BCUT2D eigenvalue weighted by atomic mass is 19.4. The van der Waals surface area contributed by atoms with Crippen LogP contribution in [0.15, 0.2) is 97.2 Å². The van der Waals surface area contributed by atoms with Crippen LogP contribution in [0.5, 0.6) is 0 Å². The van der Waals surface area contributed by atoms with Gasteiger partial charge in [-0.05, 0) is 54.3 Å². The summed E-state index contributed by atoms with van der Waals surface area (Å²) in [5, 5.41) is 2.74. The molecule has 0 radical (unpaired) electrons. The first kappa shape index (κ1) is 26.9. The third-order valence-corrected chi connectivity index (χ3v) is 6.72. The molecule has 0 atom stereocenters. The Bertz CT molecular complexity index is 1670. The molecule has 1 amide bonds. The minimum Gasteiger partial charge on any atom is -0.352 e. The number of imidazole rings is 1. The van der Waals surface area contributed by atoms with Gasteiger partial charge in [-0.2, -0.15) is 13.2 Å². The number of amides is 1. The van der Waals surface area contributed by atoms with Gasteiger partial charge in [-0.3, -0.25) is 9.59 Å². The van der Waals surface area contributed by atoms with Gasteiger partial charge in [0.2, 0.25) is 5.91 Å². The molecule has 3 aromatic carbocycles. The molecule has 0 saturated heterocycles. The SMILES string of the molecule is CC(=O)c1ccc(-c2ccc3nc(-c4ccccc4)c(CCC(=O)NCc4cccc(C(F)(F)F)c4)n3c2)cc1. The molecule has 40 heavy (non-hydrogen) atoms. The van der Waals surface area contributed by atoms with Crippen molar-refractivity contribution in [3.63, 3.8) is 0 Å². The molecule has 2 heterocycles. The van der Waals surface area contributed by atoms with Gasteiger partial charge in [0, 0.05) is 30.3 Å². The predicted molar refractivity (Wildman–Crippen MR) is 148 cm³/mol. The van der Waals surface area contributed by atoms with Gasteiger partial charge < -0.3 is 9.72 Å². The van der Waals surface area contributed by atoms with E-state index in [1.54, 1.807) is 18.2 Å². The summed E-state index contributed by atoms with van der Waals surface area (Å²) in [4.78, 5) is 29.3. The second-order valence-electron chi connectivity index (χ2n) is 9.53. The number of benzene rings is 3. The van der Waals surface area contributed by atoms with Crippen LogP contribution >= 0.6 is 0 Å². The molecule has 0 bridgehead atoms. The maximum Gasteiger partial charge on any atom is 0.416 e. The molecule has 0 saturated carbocycles. The number of nitrogens with zero attached hydrogens (tertiary/aromatic N) is 2. The number of aryl methyl sites for hydroxylation is 1. The number of rotatable bonds is 8. The molecule has 5 nitrogen and oxygen atoms in total. The lowest BCUT2D eigenvalue weighted by atomic mass is 10.0. The van der Waals surface area contributed by atoms with Crippen LogP contribution in [-0.2, 0) is 23.9 Å². The maximum atomic E-state index is 13.0. The fourth-order valence-electron chi connectivity index (χ4n) is 4.61. The Morgan fingerprint density at radius 2 is 1.57 bits per heavy atom. The van der Waals surface area contributed by atoms with Crippen LogP contribution in [0.25, 0.3) is 28.0 Å². The molecule has 2 aromatic heterocycles. The van der Waals surface area contributed by atoms with Crippen molar-refractivity contribution in [2.45, 2.75) is 32.5 Å². The van der Waals surface area contributed by atoms with Crippen LogP contribution in [0, 0.1) is 0 Å². The number of alkyl halides is 3. The third kappa shape index (κ3) is 5.96. The van der Waals surface area contributed by atoms with Crippen molar-refractivity contribution in [2.75, 3.05) is 0 Å². The number of halogens is 3. The van der Waals surface area contributed by atoms with Crippen molar-refractivity contribution < 1.29 is 22.8 Å². The van der Waals surface area contributed by atoms with E-state index in [0.29, 0.717) is 17.5 Å². The van der Waals surface area contributed by atoms with Gasteiger partial charge in [0.25, 0.3) is 0 Å². The summed E-state index contributed by atoms with van der Waals surface area (Å²) in [7, 11) is 0. The van der Waals surface area contributed by atoms with Gasteiger partial charge in [-0.25, -0.2) is 4.98 Å². The Kier molecular flexibility index (Phi) is 7.51. The monoisotopic (exact) mass is 541 g/mol. The van der Waals surface area contributed by atoms with E-state index in [0.717, 1.165) is 45.9 Å². The Hall–Kier alpha value is -4.72. The summed E-state index contributed by atoms with van der Waals surface area (Å²) in [6.45, 7) is 1.53. The first-order valence-corrected chi connectivity index (χ1v) is 12.8. The highest BCUT2D eigenvalue weighted by Gasteiger charge is 2.30. The first-order chi connectivity index (χ1) is 19.2. The summed E-state index contributed by atoms with van der Waals surface area (Å²) >= 11 is 0. The summed E-state index contributed by atoms with van der Waals surface area (Å²) in [5.74, 6) is -0.278. The zero-order valence-corrected chi connectivity index (χ0v) is 21.7. The molecular formula is C32H26F3N3O2. The van der Waals surface area contributed by atoms with E-state index in [4.69, 9.17) is 4.98 Å². The fraction of sp³-hybridized carbons (Fsp3) is 0.156. The Morgan fingerprint density at radius 1 is 0.850 bits per heavy atom. The van der Waals surface area contributed by atoms with Gasteiger partial charge in [0.15, 0.2) is 5.78 Å². The molecule has 0 unspecified atom stereocenters. The lowest BCUT2D eigenvalue weighted by Crippen LogP contribution is -2.23. The minimum absolute atomic E-state index is 0.00184. The quantitative estimate of drug-likeness (QED) is 0.213. The molecule has 202 valence electrons. The highest BCUT2D eigenvalue weighted by molar-refractivity contribution is 5.94. The molecule has 0 spiro atoms. The van der Waals surface area contributed by atoms with Crippen LogP contribution in [0.3, 0.4) is 0 Å². The van der Waals surface area contributed by atoms with E-state index < -0.39 is 11.7 Å². The van der Waals surface area contributed by atoms with E-state index in [-0.39, 0.29) is 24.7 Å². The molecule has 0 fully saturated rings. The van der Waals surface area contributed by atoms with Crippen molar-refractivity contribution in [1.82, 2.24) is 14.7 Å². The van der Waals surface area contributed by atoms with E-state index in [1.165, 1.54) is 13.0 Å². The molecule has 5 aromatic rings. The molecule has 0 aliphatic rings. The molecular weight excluding hydrogens is 515 g/mol. The van der Waals surface area contributed by atoms with Crippen LogP contribution in [0.2, 0.25) is 0 Å². The fourth-order valence-corrected chi connectivity index (χ4v) is 4.61. The van der Waals surface area contributed by atoms with Crippen molar-refractivity contribution in [3.8, 4) is 22.4 Å². The number of carbonyl (C=O) groups is 2. The number of carbonyl (C=O) groups excluding carboxylic acids is 2. The van der Waals surface area contributed by atoms with Crippen molar-refractivity contribution in [2.24, 2.45) is 0 Å². The topological polar surface area (TPSA) is 63.5 Å². The Labute approximate surface area is 229 Å². The zero-order valence-electron chi connectivity index (χ0n) is 21.7. The largest absolute Gasteiger partial charge is 0.416 e. The van der Waals surface area contributed by atoms with Gasteiger partial charge >= 0.3 is 6.18 Å². The number of ketones is 1. The second kappa shape index (κ2) is 11.2. The van der Waals surface area contributed by atoms with Gasteiger partial charge in [-0.1, -0.05) is 66.7 Å². The smallest absolute Gasteiger partial charge is 0.352 e. The van der Waals surface area contributed by atoms with E-state index >= 15 is 0 Å². The number of Topliss-reactive ketones (excluding diaryl/α,β-unsaturated/α-hetero) is 1. The van der Waals surface area contributed by atoms with Crippen molar-refractivity contribution in [3.05, 3.63) is 120 Å². The molecule has 1 N–H and O–H groups in total. The average molecular weight is 542 g/mol. The number of hydrogen-bond acceptors (Lipinski definition) is 3. The normalized spacial score (nSPS) is 11.5. The summed E-state index contributed by atoms with van der Waals surface area (Å²) in [6.07, 6.45) is -1.98. The summed E-state index contributed by atoms with van der Waals surface area (Å²) < 4.78 is 41.1. The number of nitrogens with one attached hydrogen (secondary N) is 1. The van der Waals surface area contributed by atoms with E-state index in [2.05, 4.69) is 5.32 Å². The number of aromatic nitrogens is 2. The second-order valence-corrected chi connectivity index (χ2v) is 9.53. The Balaban J connectivity index is 1.40. The summed E-state index contributed by atoms with van der Waals surface area (Å²) in [6, 6.07) is 25.9. The van der Waals surface area contributed by atoms with Gasteiger partial charge in [0.05, 0.1) is 17.0 Å². The highest BCUT2D eigenvalue weighted by Crippen LogP contribution is 2.30.